The van der Waals surface area contributed by atoms with Gasteiger partial charge in [0.25, 0.3) is 5.91 Å². The topological polar surface area (TPSA) is 141 Å². The SMILES string of the molecule is CC/C=C\C(=C/NC(O)C(O)[C@@H](O)C(=O)NC)c1ccncc1C(=O)OCC. The Kier molecular flexibility index (Phi) is 9.86. The zero-order valence-electron chi connectivity index (χ0n) is 16.1. The molecule has 0 saturated heterocycles. The molecule has 5 N–H and O–H groups in total. The number of allylic oxidation sites excluding steroid dienone is 3. The molecule has 0 spiro atoms. The average molecular weight is 393 g/mol. The highest BCUT2D eigenvalue weighted by atomic mass is 16.5. The van der Waals surface area contributed by atoms with Crippen LogP contribution in [0.1, 0.15) is 36.2 Å². The van der Waals surface area contributed by atoms with E-state index in [9.17, 15) is 24.9 Å². The normalized spacial score (nSPS) is 15.0. The molecule has 154 valence electrons. The molecular weight excluding hydrogens is 366 g/mol. The van der Waals surface area contributed by atoms with E-state index < -0.39 is 30.3 Å². The molecule has 0 radical (unpaired) electrons. The van der Waals surface area contributed by atoms with Gasteiger partial charge in [-0.1, -0.05) is 19.1 Å². The van der Waals surface area contributed by atoms with Gasteiger partial charge in [0, 0.05) is 31.2 Å². The Bertz CT molecular complexity index is 719. The van der Waals surface area contributed by atoms with Gasteiger partial charge in [-0.2, -0.15) is 0 Å². The number of carbonyl (C=O) groups is 2. The van der Waals surface area contributed by atoms with Crippen LogP contribution in [0.2, 0.25) is 0 Å². The van der Waals surface area contributed by atoms with Crippen LogP contribution in [0.15, 0.2) is 36.8 Å². The molecule has 0 aliphatic rings. The number of nitrogens with zero attached hydrogens (tertiary/aromatic N) is 1. The smallest absolute Gasteiger partial charge is 0.340 e. The van der Waals surface area contributed by atoms with E-state index in [-0.39, 0.29) is 12.2 Å². The predicted octanol–water partition coefficient (Wildman–Crippen LogP) is -0.0588. The van der Waals surface area contributed by atoms with E-state index in [1.165, 1.54) is 25.6 Å². The maximum Gasteiger partial charge on any atom is 0.340 e. The van der Waals surface area contributed by atoms with Gasteiger partial charge in [-0.3, -0.25) is 9.78 Å². The fourth-order valence-electron chi connectivity index (χ4n) is 2.23. The van der Waals surface area contributed by atoms with E-state index in [4.69, 9.17) is 4.74 Å². The standard InChI is InChI=1S/C19H27N3O6/c1-4-6-7-12(10-22-18(26)16(24)15(23)17(25)20-3)13-8-9-21-11-14(13)19(27)28-5-2/h6-11,15-16,18,22-24,26H,4-5H2,1-3H3,(H,20,25)/b7-6-,12-10+/t15-,16?,18?/m1/s1. The van der Waals surface area contributed by atoms with Crippen LogP contribution in [-0.2, 0) is 9.53 Å². The van der Waals surface area contributed by atoms with Crippen LogP contribution >= 0.6 is 0 Å². The minimum absolute atomic E-state index is 0.206. The zero-order chi connectivity index (χ0) is 21.1. The fourth-order valence-corrected chi connectivity index (χ4v) is 2.23. The van der Waals surface area contributed by atoms with Crippen molar-refractivity contribution in [2.45, 2.75) is 38.7 Å². The molecule has 1 aromatic rings. The van der Waals surface area contributed by atoms with E-state index in [0.717, 1.165) is 6.42 Å². The number of ether oxygens (including phenoxy) is 1. The highest BCUT2D eigenvalue weighted by Gasteiger charge is 2.29. The van der Waals surface area contributed by atoms with Gasteiger partial charge >= 0.3 is 5.97 Å². The van der Waals surface area contributed by atoms with Crippen molar-refractivity contribution in [1.29, 1.82) is 0 Å². The number of amides is 1. The van der Waals surface area contributed by atoms with Crippen LogP contribution in [0.5, 0.6) is 0 Å². The van der Waals surface area contributed by atoms with Gasteiger partial charge < -0.3 is 30.7 Å². The summed E-state index contributed by atoms with van der Waals surface area (Å²) in [5.74, 6) is -1.38. The first-order valence-electron chi connectivity index (χ1n) is 8.87. The molecule has 1 amide bonds. The first-order valence-corrected chi connectivity index (χ1v) is 8.87. The molecule has 2 unspecified atom stereocenters. The summed E-state index contributed by atoms with van der Waals surface area (Å²) in [6.45, 7) is 3.83. The van der Waals surface area contributed by atoms with Crippen molar-refractivity contribution in [1.82, 2.24) is 15.6 Å². The largest absolute Gasteiger partial charge is 0.462 e. The van der Waals surface area contributed by atoms with E-state index in [2.05, 4.69) is 15.6 Å². The summed E-state index contributed by atoms with van der Waals surface area (Å²) >= 11 is 0. The second-order valence-corrected chi connectivity index (χ2v) is 5.71. The summed E-state index contributed by atoms with van der Waals surface area (Å²) in [7, 11) is 1.30. The van der Waals surface area contributed by atoms with Crippen LogP contribution in [0.25, 0.3) is 5.57 Å². The molecule has 3 atom stereocenters. The number of esters is 1. The third-order valence-electron chi connectivity index (χ3n) is 3.73. The fraction of sp³-hybridized carbons (Fsp3) is 0.421. The Hall–Kier alpha value is -2.75. The third-order valence-corrected chi connectivity index (χ3v) is 3.73. The summed E-state index contributed by atoms with van der Waals surface area (Å²) in [4.78, 5) is 27.5. The number of rotatable bonds is 10. The Labute approximate surface area is 163 Å². The maximum absolute atomic E-state index is 12.2. The quantitative estimate of drug-likeness (QED) is 0.212. The van der Waals surface area contributed by atoms with Crippen LogP contribution in [-0.4, -0.2) is 64.3 Å². The number of aliphatic hydroxyl groups excluding tert-OH is 3. The molecule has 0 aliphatic heterocycles. The van der Waals surface area contributed by atoms with Crippen molar-refractivity contribution >= 4 is 17.4 Å². The number of hydrogen-bond acceptors (Lipinski definition) is 8. The summed E-state index contributed by atoms with van der Waals surface area (Å²) in [6, 6.07) is 1.61. The number of pyridine rings is 1. The van der Waals surface area contributed by atoms with Gasteiger partial charge in [0.2, 0.25) is 0 Å². The van der Waals surface area contributed by atoms with Crippen LogP contribution < -0.4 is 10.6 Å². The number of hydrogen-bond donors (Lipinski definition) is 5. The molecule has 0 bridgehead atoms. The van der Waals surface area contributed by atoms with Crippen molar-refractivity contribution in [3.05, 3.63) is 47.9 Å². The summed E-state index contributed by atoms with van der Waals surface area (Å²) < 4.78 is 5.04. The molecule has 9 nitrogen and oxygen atoms in total. The van der Waals surface area contributed by atoms with Crippen molar-refractivity contribution < 1.29 is 29.6 Å². The molecule has 0 aliphatic carbocycles. The van der Waals surface area contributed by atoms with Gasteiger partial charge in [-0.05, 0) is 25.0 Å². The zero-order valence-corrected chi connectivity index (χ0v) is 16.1. The Morgan fingerprint density at radius 3 is 2.57 bits per heavy atom. The van der Waals surface area contributed by atoms with Crippen molar-refractivity contribution in [2.75, 3.05) is 13.7 Å². The van der Waals surface area contributed by atoms with Crippen molar-refractivity contribution in [2.24, 2.45) is 0 Å². The Morgan fingerprint density at radius 1 is 1.25 bits per heavy atom. The summed E-state index contributed by atoms with van der Waals surface area (Å²) in [6.07, 6.45) is 3.32. The number of aromatic nitrogens is 1. The monoisotopic (exact) mass is 393 g/mol. The molecule has 1 rings (SSSR count). The van der Waals surface area contributed by atoms with Gasteiger partial charge in [0.15, 0.2) is 12.3 Å². The second kappa shape index (κ2) is 11.9. The first-order chi connectivity index (χ1) is 13.4. The van der Waals surface area contributed by atoms with E-state index in [1.54, 1.807) is 19.1 Å². The minimum atomic E-state index is -1.81. The summed E-state index contributed by atoms with van der Waals surface area (Å²) in [5, 5.41) is 34.3. The Balaban J connectivity index is 3.14. The molecule has 9 heteroatoms. The van der Waals surface area contributed by atoms with Gasteiger partial charge in [0.05, 0.1) is 12.2 Å². The van der Waals surface area contributed by atoms with Crippen LogP contribution in [0, 0.1) is 0 Å². The lowest BCUT2D eigenvalue weighted by Crippen LogP contribution is -2.50. The molecule has 1 aromatic heterocycles. The second-order valence-electron chi connectivity index (χ2n) is 5.71. The van der Waals surface area contributed by atoms with E-state index >= 15 is 0 Å². The molecule has 28 heavy (non-hydrogen) atoms. The molecule has 1 heterocycles. The van der Waals surface area contributed by atoms with Gasteiger partial charge in [-0.15, -0.1) is 0 Å². The molecule has 0 saturated carbocycles. The predicted molar refractivity (Wildman–Crippen MR) is 103 cm³/mol. The van der Waals surface area contributed by atoms with Crippen LogP contribution in [0.4, 0.5) is 0 Å². The van der Waals surface area contributed by atoms with Crippen LogP contribution in [0.3, 0.4) is 0 Å². The average Bonchev–Trinajstić information content (AvgIpc) is 2.72. The van der Waals surface area contributed by atoms with E-state index in [1.807, 2.05) is 13.0 Å². The number of aliphatic hydroxyl groups is 3. The van der Waals surface area contributed by atoms with Gasteiger partial charge in [0.1, 0.15) is 6.10 Å². The lowest BCUT2D eigenvalue weighted by Gasteiger charge is -2.22. The molecular formula is C19H27N3O6. The molecule has 0 fully saturated rings. The Morgan fingerprint density at radius 2 is 1.96 bits per heavy atom. The highest BCUT2D eigenvalue weighted by Crippen LogP contribution is 2.21. The first kappa shape index (κ1) is 23.3. The number of likely N-dealkylation sites (N-methyl/N-ethyl adjacent to an activating group) is 1. The van der Waals surface area contributed by atoms with Gasteiger partial charge in [-0.25, -0.2) is 4.79 Å². The maximum atomic E-state index is 12.2. The van der Waals surface area contributed by atoms with E-state index in [0.29, 0.717) is 11.1 Å². The van der Waals surface area contributed by atoms with Crippen molar-refractivity contribution in [3.8, 4) is 0 Å². The lowest BCUT2D eigenvalue weighted by atomic mass is 10.0. The number of nitrogens with one attached hydrogen (secondary N) is 2. The minimum Gasteiger partial charge on any atom is -0.462 e. The molecule has 0 aromatic carbocycles. The third kappa shape index (κ3) is 6.45. The van der Waals surface area contributed by atoms with Crippen molar-refractivity contribution in [3.63, 3.8) is 0 Å². The highest BCUT2D eigenvalue weighted by molar-refractivity contribution is 5.96. The number of carbonyl (C=O) groups excluding carboxylic acids is 2. The summed E-state index contributed by atoms with van der Waals surface area (Å²) in [5.41, 5.74) is 1.24. The lowest BCUT2D eigenvalue weighted by molar-refractivity contribution is -0.141.